The summed E-state index contributed by atoms with van der Waals surface area (Å²) >= 11 is 0. The van der Waals surface area contributed by atoms with Crippen molar-refractivity contribution in [3.8, 4) is 23.0 Å². The van der Waals surface area contributed by atoms with Crippen molar-refractivity contribution in [1.82, 2.24) is 0 Å². The summed E-state index contributed by atoms with van der Waals surface area (Å²) < 4.78 is 47.8. The molecule has 0 fully saturated rings. The van der Waals surface area contributed by atoms with E-state index in [0.717, 1.165) is 0 Å². The summed E-state index contributed by atoms with van der Waals surface area (Å²) in [5, 5.41) is 9.88. The van der Waals surface area contributed by atoms with Gasteiger partial charge in [0.1, 0.15) is 23.0 Å². The zero-order chi connectivity index (χ0) is 20.6. The van der Waals surface area contributed by atoms with Crippen molar-refractivity contribution in [1.29, 1.82) is 0 Å². The number of phenols is 1. The van der Waals surface area contributed by atoms with Gasteiger partial charge in [-0.2, -0.15) is 8.78 Å². The van der Waals surface area contributed by atoms with Gasteiger partial charge in [0.15, 0.2) is 0 Å². The van der Waals surface area contributed by atoms with Gasteiger partial charge in [-0.15, -0.1) is 0 Å². The zero-order valence-electron chi connectivity index (χ0n) is 15.2. The molecule has 2 aromatic rings. The van der Waals surface area contributed by atoms with Crippen LogP contribution in [-0.2, 0) is 4.57 Å². The van der Waals surface area contributed by atoms with Crippen LogP contribution in [0.25, 0.3) is 0 Å². The number of hydrogen-bond acceptors (Lipinski definition) is 4. The Morgan fingerprint density at radius 2 is 1.59 bits per heavy atom. The maximum absolute atomic E-state index is 13.4. The fourth-order valence-electron chi connectivity index (χ4n) is 2.51. The molecule has 0 amide bonds. The lowest BCUT2D eigenvalue weighted by Gasteiger charge is -2.20. The van der Waals surface area contributed by atoms with Crippen LogP contribution in [0.15, 0.2) is 30.3 Å². The van der Waals surface area contributed by atoms with Crippen molar-refractivity contribution >= 4 is 7.60 Å². The molecule has 0 aliphatic rings. The second-order valence-electron chi connectivity index (χ2n) is 6.50. The van der Waals surface area contributed by atoms with Crippen molar-refractivity contribution in [3.05, 3.63) is 47.0 Å². The van der Waals surface area contributed by atoms with Crippen LogP contribution in [0.5, 0.6) is 23.0 Å². The molecule has 0 saturated heterocycles. The van der Waals surface area contributed by atoms with Crippen LogP contribution in [0.1, 0.15) is 36.5 Å². The predicted molar refractivity (Wildman–Crippen MR) is 95.8 cm³/mol. The minimum absolute atomic E-state index is 0.0707. The summed E-state index contributed by atoms with van der Waals surface area (Å²) in [6, 6.07) is 7.18. The van der Waals surface area contributed by atoms with Gasteiger partial charge < -0.3 is 24.4 Å². The standard InChI is InChI=1S/C18H21F2O6P/c1-10(2)15-9-13(5-6-16(15)21)25-17-11(3)7-14(8-12(17)4)26-18(19,20)27(22,23)24/h5-10,21H,1-4H3,(H2,22,23,24). The molecule has 9 heteroatoms. The molecule has 0 saturated carbocycles. The Balaban J connectivity index is 2.33. The number of aryl methyl sites for hydroxylation is 2. The van der Waals surface area contributed by atoms with Crippen LogP contribution in [0.4, 0.5) is 8.78 Å². The summed E-state index contributed by atoms with van der Waals surface area (Å²) in [5.74, 6) is -3.95. The van der Waals surface area contributed by atoms with Gasteiger partial charge >= 0.3 is 13.4 Å². The first-order valence-electron chi connectivity index (χ1n) is 8.06. The van der Waals surface area contributed by atoms with E-state index in [1.165, 1.54) is 18.2 Å². The molecule has 0 aliphatic carbocycles. The van der Waals surface area contributed by atoms with Crippen molar-refractivity contribution < 1.29 is 37.7 Å². The molecule has 27 heavy (non-hydrogen) atoms. The van der Waals surface area contributed by atoms with Crippen LogP contribution in [0, 0.1) is 13.8 Å². The highest BCUT2D eigenvalue weighted by Gasteiger charge is 2.52. The maximum atomic E-state index is 13.4. The molecule has 0 aromatic heterocycles. The lowest BCUT2D eigenvalue weighted by molar-refractivity contribution is -0.116. The number of halogens is 2. The number of rotatable bonds is 6. The second-order valence-corrected chi connectivity index (χ2v) is 8.10. The first-order chi connectivity index (χ1) is 12.3. The third kappa shape index (κ3) is 4.77. The van der Waals surface area contributed by atoms with Crippen LogP contribution in [0.2, 0.25) is 0 Å². The lowest BCUT2D eigenvalue weighted by Crippen LogP contribution is -2.24. The molecular weight excluding hydrogens is 381 g/mol. The van der Waals surface area contributed by atoms with Crippen molar-refractivity contribution in [2.24, 2.45) is 0 Å². The predicted octanol–water partition coefficient (Wildman–Crippen LogP) is 5.03. The third-order valence-electron chi connectivity index (χ3n) is 3.85. The molecule has 148 valence electrons. The minimum Gasteiger partial charge on any atom is -0.508 e. The molecule has 2 aromatic carbocycles. The largest absolute Gasteiger partial charge is 0.508 e. The number of aromatic hydroxyl groups is 1. The highest BCUT2D eigenvalue weighted by Crippen LogP contribution is 2.53. The average Bonchev–Trinajstić information content (AvgIpc) is 2.50. The van der Waals surface area contributed by atoms with Gasteiger partial charge in [0, 0.05) is 5.56 Å². The van der Waals surface area contributed by atoms with Crippen molar-refractivity contribution in [2.45, 2.75) is 39.5 Å². The molecule has 3 N–H and O–H groups in total. The molecule has 0 radical (unpaired) electrons. The van der Waals surface area contributed by atoms with Gasteiger partial charge in [0.2, 0.25) is 0 Å². The minimum atomic E-state index is -5.76. The Kier molecular flexibility index (Phi) is 5.85. The van der Waals surface area contributed by atoms with E-state index in [4.69, 9.17) is 14.5 Å². The summed E-state index contributed by atoms with van der Waals surface area (Å²) in [6.07, 6.45) is 0. The Bertz CT molecular complexity index is 868. The number of phenolic OH excluding ortho intramolecular Hbond substituents is 1. The molecule has 0 unspecified atom stereocenters. The van der Waals surface area contributed by atoms with Crippen LogP contribution in [-0.4, -0.2) is 20.7 Å². The smallest absolute Gasteiger partial charge is 0.503 e. The van der Waals surface area contributed by atoms with E-state index in [-0.39, 0.29) is 17.4 Å². The van der Waals surface area contributed by atoms with E-state index in [1.54, 1.807) is 26.0 Å². The zero-order valence-corrected chi connectivity index (χ0v) is 16.1. The normalized spacial score (nSPS) is 12.3. The third-order valence-corrected chi connectivity index (χ3v) is 4.62. The van der Waals surface area contributed by atoms with E-state index in [1.807, 2.05) is 13.8 Å². The fourth-order valence-corrected chi connectivity index (χ4v) is 2.73. The highest BCUT2D eigenvalue weighted by molar-refractivity contribution is 7.52. The van der Waals surface area contributed by atoms with Crippen LogP contribution < -0.4 is 9.47 Å². The highest BCUT2D eigenvalue weighted by atomic mass is 31.2. The molecule has 0 heterocycles. The van der Waals surface area contributed by atoms with E-state index in [9.17, 15) is 18.5 Å². The van der Waals surface area contributed by atoms with E-state index in [0.29, 0.717) is 28.2 Å². The van der Waals surface area contributed by atoms with Gasteiger partial charge in [-0.05, 0) is 61.2 Å². The Morgan fingerprint density at radius 1 is 1.04 bits per heavy atom. The van der Waals surface area contributed by atoms with Crippen molar-refractivity contribution in [2.75, 3.05) is 0 Å². The topological polar surface area (TPSA) is 96.2 Å². The monoisotopic (exact) mass is 402 g/mol. The van der Waals surface area contributed by atoms with Gasteiger partial charge in [-0.1, -0.05) is 13.8 Å². The number of hydrogen-bond donors (Lipinski definition) is 3. The Hall–Kier alpha value is -2.15. The summed E-state index contributed by atoms with van der Waals surface area (Å²) in [5.41, 5.74) is 1.57. The van der Waals surface area contributed by atoms with Crippen molar-refractivity contribution in [3.63, 3.8) is 0 Å². The molecule has 0 bridgehead atoms. The Morgan fingerprint density at radius 3 is 2.07 bits per heavy atom. The first kappa shape index (κ1) is 21.2. The molecule has 2 rings (SSSR count). The second kappa shape index (κ2) is 7.46. The van der Waals surface area contributed by atoms with Gasteiger partial charge in [0.25, 0.3) is 0 Å². The molecule has 0 spiro atoms. The van der Waals surface area contributed by atoms with Gasteiger partial charge in [0.05, 0.1) is 0 Å². The number of ether oxygens (including phenoxy) is 2. The van der Waals surface area contributed by atoms with E-state index in [2.05, 4.69) is 4.74 Å². The fraction of sp³-hybridized carbons (Fsp3) is 0.333. The summed E-state index contributed by atoms with van der Waals surface area (Å²) in [6.45, 7) is 7.02. The average molecular weight is 402 g/mol. The first-order valence-corrected chi connectivity index (χ1v) is 9.67. The van der Waals surface area contributed by atoms with Gasteiger partial charge in [-0.3, -0.25) is 0 Å². The van der Waals surface area contributed by atoms with Crippen LogP contribution >= 0.6 is 7.60 Å². The maximum Gasteiger partial charge on any atom is 0.503 e. The lowest BCUT2D eigenvalue weighted by atomic mass is 10.0. The van der Waals surface area contributed by atoms with E-state index < -0.39 is 13.4 Å². The van der Waals surface area contributed by atoms with Crippen LogP contribution in [0.3, 0.4) is 0 Å². The quantitative estimate of drug-likeness (QED) is 0.587. The molecular formula is C18H21F2O6P. The molecule has 0 aliphatic heterocycles. The van der Waals surface area contributed by atoms with E-state index >= 15 is 0 Å². The number of benzene rings is 2. The number of alkyl halides is 2. The SMILES string of the molecule is Cc1cc(OC(F)(F)P(=O)(O)O)cc(C)c1Oc1ccc(O)c(C(C)C)c1. The molecule has 6 nitrogen and oxygen atoms in total. The Labute approximate surface area is 155 Å². The summed E-state index contributed by atoms with van der Waals surface area (Å²) in [4.78, 5) is 17.4. The van der Waals surface area contributed by atoms with Gasteiger partial charge in [-0.25, -0.2) is 4.57 Å². The molecule has 0 atom stereocenters. The summed E-state index contributed by atoms with van der Waals surface area (Å²) in [7, 11) is -5.76.